The van der Waals surface area contributed by atoms with Gasteiger partial charge in [-0.1, -0.05) is 24.3 Å². The predicted molar refractivity (Wildman–Crippen MR) is 77.5 cm³/mol. The van der Waals surface area contributed by atoms with Gasteiger partial charge in [0.1, 0.15) is 0 Å². The van der Waals surface area contributed by atoms with Gasteiger partial charge in [0.15, 0.2) is 5.78 Å². The molecule has 0 radical (unpaired) electrons. The van der Waals surface area contributed by atoms with Crippen LogP contribution < -0.4 is 0 Å². The largest absolute Gasteiger partial charge is 0.394 e. The van der Waals surface area contributed by atoms with Gasteiger partial charge in [0, 0.05) is 12.4 Å². The summed E-state index contributed by atoms with van der Waals surface area (Å²) >= 11 is 0. The molecule has 4 nitrogen and oxygen atoms in total. The van der Waals surface area contributed by atoms with E-state index in [1.165, 1.54) is 12.2 Å². The average Bonchev–Trinajstić information content (AvgIpc) is 2.48. The van der Waals surface area contributed by atoms with Crippen LogP contribution in [-0.2, 0) is 4.79 Å². The van der Waals surface area contributed by atoms with Gasteiger partial charge in [-0.3, -0.25) is 4.79 Å². The van der Waals surface area contributed by atoms with E-state index in [0.717, 1.165) is 11.1 Å². The molecule has 2 N–H and O–H groups in total. The predicted octanol–water partition coefficient (Wildman–Crippen LogP) is 1.23. The molecule has 0 aromatic heterocycles. The van der Waals surface area contributed by atoms with E-state index in [9.17, 15) is 9.90 Å². The summed E-state index contributed by atoms with van der Waals surface area (Å²) in [6.45, 7) is 0.121. The first-order valence-corrected chi connectivity index (χ1v) is 6.40. The van der Waals surface area contributed by atoms with Crippen LogP contribution in [0.5, 0.6) is 0 Å². The fraction of sp³-hybridized carbons (Fsp3) is 0.188. The molecule has 0 fully saturated rings. The molecule has 0 saturated carbocycles. The van der Waals surface area contributed by atoms with E-state index in [4.69, 9.17) is 5.11 Å². The first-order valence-electron chi connectivity index (χ1n) is 6.40. The molecule has 0 aromatic rings. The third kappa shape index (κ3) is 4.19. The molecule has 0 bridgehead atoms. The van der Waals surface area contributed by atoms with Crippen LogP contribution in [0.15, 0.2) is 72.2 Å². The van der Waals surface area contributed by atoms with Crippen molar-refractivity contribution in [3.63, 3.8) is 0 Å². The topological polar surface area (TPSA) is 60.8 Å². The molecule has 1 aliphatic carbocycles. The van der Waals surface area contributed by atoms with Crippen molar-refractivity contribution >= 4 is 5.78 Å². The zero-order valence-corrected chi connectivity index (χ0v) is 11.0. The van der Waals surface area contributed by atoms with Gasteiger partial charge in [0.2, 0.25) is 0 Å². The Morgan fingerprint density at radius 3 is 2.10 bits per heavy atom. The highest BCUT2D eigenvalue weighted by atomic mass is 16.3. The van der Waals surface area contributed by atoms with Crippen molar-refractivity contribution < 1.29 is 15.0 Å². The summed E-state index contributed by atoms with van der Waals surface area (Å²) in [4.78, 5) is 12.8. The van der Waals surface area contributed by atoms with Gasteiger partial charge in [-0.2, -0.15) is 0 Å². The van der Waals surface area contributed by atoms with Crippen molar-refractivity contribution in [3.8, 4) is 0 Å². The molecule has 4 heteroatoms. The van der Waals surface area contributed by atoms with Gasteiger partial charge >= 0.3 is 0 Å². The minimum absolute atomic E-state index is 0.00495. The molecule has 0 aromatic carbocycles. The van der Waals surface area contributed by atoms with E-state index in [-0.39, 0.29) is 12.4 Å². The Kier molecular flexibility index (Phi) is 4.87. The number of allylic oxidation sites excluding steroid dienone is 10. The lowest BCUT2D eigenvalue weighted by Crippen LogP contribution is -2.27. The molecular formula is C16H17NO3. The second kappa shape index (κ2) is 6.84. The highest BCUT2D eigenvalue weighted by Crippen LogP contribution is 2.12. The zero-order valence-electron chi connectivity index (χ0n) is 11.0. The van der Waals surface area contributed by atoms with Crippen LogP contribution in [0.2, 0.25) is 0 Å². The molecule has 1 atom stereocenters. The van der Waals surface area contributed by atoms with Gasteiger partial charge in [0.25, 0.3) is 0 Å². The standard InChI is InChI=1S/C16H17NO3/c18-12-16(20)11-17-9-7-14(8-10-17)2-1-13-3-5-15(19)6-4-13/h1-10,16,18,20H,11-12H2. The lowest BCUT2D eigenvalue weighted by Gasteiger charge is -2.20. The fourth-order valence-electron chi connectivity index (χ4n) is 1.77. The van der Waals surface area contributed by atoms with Crippen LogP contribution in [0, 0.1) is 0 Å². The molecule has 1 aliphatic heterocycles. The third-order valence-corrected chi connectivity index (χ3v) is 2.90. The van der Waals surface area contributed by atoms with Crippen LogP contribution in [-0.4, -0.2) is 40.2 Å². The molecule has 0 saturated heterocycles. The van der Waals surface area contributed by atoms with Crippen molar-refractivity contribution in [1.82, 2.24) is 4.90 Å². The van der Waals surface area contributed by atoms with Crippen molar-refractivity contribution in [2.45, 2.75) is 6.10 Å². The molecule has 1 unspecified atom stereocenters. The number of hydrogen-bond donors (Lipinski definition) is 2. The van der Waals surface area contributed by atoms with E-state index in [1.54, 1.807) is 12.2 Å². The Hall–Kier alpha value is -2.17. The second-order valence-corrected chi connectivity index (χ2v) is 4.57. The van der Waals surface area contributed by atoms with Crippen LogP contribution in [0.3, 0.4) is 0 Å². The van der Waals surface area contributed by atoms with Crippen LogP contribution >= 0.6 is 0 Å². The zero-order chi connectivity index (χ0) is 14.4. The van der Waals surface area contributed by atoms with Crippen molar-refractivity contribution in [3.05, 3.63) is 72.2 Å². The summed E-state index contributed by atoms with van der Waals surface area (Å²) in [5, 5.41) is 18.1. The maximum Gasteiger partial charge on any atom is 0.178 e. The molecule has 1 heterocycles. The number of aliphatic hydroxyl groups excluding tert-OH is 2. The molecule has 2 rings (SSSR count). The number of ketones is 1. The Bertz CT molecular complexity index is 516. The third-order valence-electron chi connectivity index (χ3n) is 2.90. The maximum absolute atomic E-state index is 11.0. The minimum Gasteiger partial charge on any atom is -0.394 e. The fourth-order valence-corrected chi connectivity index (χ4v) is 1.77. The quantitative estimate of drug-likeness (QED) is 0.807. The Morgan fingerprint density at radius 2 is 1.55 bits per heavy atom. The molecule has 20 heavy (non-hydrogen) atoms. The minimum atomic E-state index is -0.744. The lowest BCUT2D eigenvalue weighted by molar-refractivity contribution is -0.110. The van der Waals surface area contributed by atoms with Gasteiger partial charge in [-0.15, -0.1) is 0 Å². The van der Waals surface area contributed by atoms with Gasteiger partial charge < -0.3 is 15.1 Å². The average molecular weight is 271 g/mol. The summed E-state index contributed by atoms with van der Waals surface area (Å²) in [5.41, 5.74) is 1.99. The van der Waals surface area contributed by atoms with Crippen molar-refractivity contribution in [2.75, 3.05) is 13.2 Å². The van der Waals surface area contributed by atoms with Crippen molar-refractivity contribution in [1.29, 1.82) is 0 Å². The lowest BCUT2D eigenvalue weighted by atomic mass is 10.1. The Morgan fingerprint density at radius 1 is 1.00 bits per heavy atom. The van der Waals surface area contributed by atoms with Gasteiger partial charge in [0.05, 0.1) is 19.3 Å². The van der Waals surface area contributed by atoms with E-state index in [2.05, 4.69) is 0 Å². The van der Waals surface area contributed by atoms with Gasteiger partial charge in [-0.05, 0) is 35.5 Å². The van der Waals surface area contributed by atoms with Crippen LogP contribution in [0.25, 0.3) is 0 Å². The van der Waals surface area contributed by atoms with Crippen molar-refractivity contribution in [2.24, 2.45) is 0 Å². The summed E-state index contributed by atoms with van der Waals surface area (Å²) in [6, 6.07) is 0. The summed E-state index contributed by atoms with van der Waals surface area (Å²) in [7, 11) is 0. The second-order valence-electron chi connectivity index (χ2n) is 4.57. The number of rotatable bonds is 4. The molecular weight excluding hydrogens is 254 g/mol. The molecule has 0 spiro atoms. The number of nitrogens with zero attached hydrogens (tertiary/aromatic N) is 1. The highest BCUT2D eigenvalue weighted by Gasteiger charge is 2.07. The summed E-state index contributed by atoms with van der Waals surface area (Å²) in [5.74, 6) is 0.00495. The molecule has 104 valence electrons. The van der Waals surface area contributed by atoms with E-state index in [1.807, 2.05) is 41.6 Å². The number of β-amino-alcohol motifs (C(OH)–C–C–N with tert-alkyl or cyclic N) is 1. The normalized spacial score (nSPS) is 18.7. The number of carbonyl (C=O) groups excluding carboxylic acids is 1. The first kappa shape index (κ1) is 14.2. The number of hydrogen-bond acceptors (Lipinski definition) is 4. The SMILES string of the molecule is O=C1C=CC(=CC=C2C=CN(CC(O)CO)C=C2)C=C1. The smallest absolute Gasteiger partial charge is 0.178 e. The molecule has 2 aliphatic rings. The van der Waals surface area contributed by atoms with Crippen LogP contribution in [0.4, 0.5) is 0 Å². The first-order chi connectivity index (χ1) is 9.67. The monoisotopic (exact) mass is 271 g/mol. The Labute approximate surface area is 118 Å². The number of carbonyl (C=O) groups is 1. The highest BCUT2D eigenvalue weighted by molar-refractivity contribution is 6.01. The summed E-state index contributed by atoms with van der Waals surface area (Å²) in [6.07, 6.45) is 17.3. The van der Waals surface area contributed by atoms with Crippen LogP contribution in [0.1, 0.15) is 0 Å². The maximum atomic E-state index is 11.0. The van der Waals surface area contributed by atoms with E-state index >= 15 is 0 Å². The number of aliphatic hydroxyl groups is 2. The van der Waals surface area contributed by atoms with Gasteiger partial charge in [-0.25, -0.2) is 0 Å². The van der Waals surface area contributed by atoms with E-state index in [0.29, 0.717) is 6.54 Å². The molecule has 0 amide bonds. The van der Waals surface area contributed by atoms with E-state index < -0.39 is 6.10 Å². The summed E-state index contributed by atoms with van der Waals surface area (Å²) < 4.78 is 0. The Balaban J connectivity index is 1.95.